The second-order valence-corrected chi connectivity index (χ2v) is 37.5. The topological polar surface area (TPSA) is 14.7 Å². The van der Waals surface area contributed by atoms with Gasteiger partial charge in [-0.15, -0.1) is 11.3 Å². The van der Waals surface area contributed by atoms with Gasteiger partial charge in [0.2, 0.25) is 0 Å². The summed E-state index contributed by atoms with van der Waals surface area (Å²) in [4.78, 5) is 7.60. The fourth-order valence-corrected chi connectivity index (χ4v) is 21.4. The Morgan fingerprint density at radius 2 is 0.762 bits per heavy atom. The van der Waals surface area contributed by atoms with E-state index in [0.717, 1.165) is 181 Å². The van der Waals surface area contributed by atoms with Crippen molar-refractivity contribution >= 4 is 171 Å². The Morgan fingerprint density at radius 1 is 0.320 bits per heavy atom. The fourth-order valence-electron chi connectivity index (χ4n) is 20.1. The third kappa shape index (κ3) is 11.5. The second kappa shape index (κ2) is 27.8. The van der Waals surface area contributed by atoms with Crippen molar-refractivity contribution in [1.29, 1.82) is 0 Å². The summed E-state index contributed by atoms with van der Waals surface area (Å²) in [6.45, 7) is 20.2. The number of aromatic nitrogens is 1. The zero-order chi connectivity index (χ0) is 84.8. The molecule has 582 valence electrons. The number of para-hydroxylation sites is 2. The first-order chi connectivity index (χ1) is 60.7. The second-order valence-electron chi connectivity index (χ2n) is 36.4. The molecule has 0 atom stereocenters. The highest BCUT2D eigenvalue weighted by molar-refractivity contribution is 7.33. The van der Waals surface area contributed by atoms with Crippen molar-refractivity contribution in [3.8, 4) is 61.3 Å². The maximum atomic E-state index is 12.2. The van der Waals surface area contributed by atoms with Crippen molar-refractivity contribution in [3.05, 3.63) is 393 Å². The SMILES string of the molecule is [2H]c1c([2H])c(-n2c3ccccc3c3c4ccc5cccc6ccc(cc32)c4c65)c([2H])c2c1B1c3sc4cc(N(c5ccccc5)c5c6ccccc6c(-c6ccccc6)c6ccccc56)ccc4c3N(c3c(-c4ccccc4)cc(C(C)(C)C)cc3-c3ccccc3)c3cc(C(C)(C)C)cc(c31)N2c1c(-c2ccccc2)cc(C(C)(C)C)cc1-c1ccccc1. The van der Waals surface area contributed by atoms with Crippen LogP contribution in [0.25, 0.3) is 147 Å². The van der Waals surface area contributed by atoms with Crippen molar-refractivity contribution in [3.63, 3.8) is 0 Å². The predicted molar refractivity (Wildman–Crippen MR) is 527 cm³/mol. The fraction of sp³-hybridized carbons (Fsp3) is 0.103. The summed E-state index contributed by atoms with van der Waals surface area (Å²) in [5.41, 5.74) is 25.1. The van der Waals surface area contributed by atoms with Crippen molar-refractivity contribution in [2.45, 2.75) is 78.6 Å². The molecule has 6 heteroatoms. The molecule has 0 saturated carbocycles. The minimum atomic E-state index is -0.728. The van der Waals surface area contributed by atoms with Gasteiger partial charge in [-0.2, -0.15) is 0 Å². The molecule has 0 spiro atoms. The molecule has 0 N–H and O–H groups in total. The van der Waals surface area contributed by atoms with Crippen LogP contribution in [0.15, 0.2) is 376 Å². The van der Waals surface area contributed by atoms with E-state index in [9.17, 15) is 4.11 Å². The van der Waals surface area contributed by atoms with Crippen molar-refractivity contribution in [1.82, 2.24) is 4.57 Å². The Balaban J connectivity index is 0.903. The highest BCUT2D eigenvalue weighted by Crippen LogP contribution is 2.59. The number of rotatable bonds is 11. The molecule has 0 fully saturated rings. The summed E-state index contributed by atoms with van der Waals surface area (Å²) in [7, 11) is 0. The lowest BCUT2D eigenvalue weighted by Crippen LogP contribution is -2.60. The molecule has 0 radical (unpaired) electrons. The molecule has 122 heavy (non-hydrogen) atoms. The highest BCUT2D eigenvalue weighted by Gasteiger charge is 2.48. The first kappa shape index (κ1) is 69.9. The number of hydrogen-bond acceptors (Lipinski definition) is 4. The summed E-state index contributed by atoms with van der Waals surface area (Å²) in [5, 5.41) is 14.6. The van der Waals surface area contributed by atoms with Gasteiger partial charge in [0.1, 0.15) is 0 Å². The van der Waals surface area contributed by atoms with Crippen LogP contribution < -0.4 is 30.4 Å². The van der Waals surface area contributed by atoms with E-state index in [4.69, 9.17) is 0 Å². The summed E-state index contributed by atoms with van der Waals surface area (Å²) in [5.74, 6) is 0. The zero-order valence-corrected chi connectivity index (χ0v) is 70.7. The van der Waals surface area contributed by atoms with Crippen LogP contribution in [0.2, 0.25) is 0 Å². The smallest absolute Gasteiger partial charge is 0.264 e. The lowest BCUT2D eigenvalue weighted by molar-refractivity contribution is 0.590. The molecule has 2 aromatic heterocycles. The zero-order valence-electron chi connectivity index (χ0n) is 72.8. The average molecular weight is 1580 g/mol. The summed E-state index contributed by atoms with van der Waals surface area (Å²) < 4.78 is 39.8. The standard InChI is InChI=1S/C116H89BN4S/c1-114(2,3)80-64-93(72-35-16-10-17-36-72)110(94(65-80)73-37-18-11-19-38-73)120-99-70-84(119-98-54-33-32-53-90(98)107-92-60-57-78-46-34-45-77-55-56-79(63-100(107)119)106(92)104(77)78)59-62-97(99)117-108-101(120)68-82(116(7,8)9)69-102(108)121(111-95(74-39-20-12-21-40-74)66-81(115(4,5)6)67-96(111)75-41-22-13-23-42-75)112-91-61-58-85(71-103(91)122-113(112)117)118(83-47-26-15-27-48-83)109-88-51-30-28-49-86(88)105(76-43-24-14-25-44-76)87-50-29-31-52-89(87)109/h10-71H,1-9H3/i59D,62D,70D. The molecule has 0 aliphatic carbocycles. The Morgan fingerprint density at radius 3 is 1.30 bits per heavy atom. The molecule has 2 aliphatic rings. The molecule has 4 nitrogen and oxygen atoms in total. The van der Waals surface area contributed by atoms with Gasteiger partial charge in [0, 0.05) is 92.8 Å². The molecule has 0 saturated heterocycles. The monoisotopic (exact) mass is 1580 g/mol. The normalized spacial score (nSPS) is 13.3. The van der Waals surface area contributed by atoms with Gasteiger partial charge in [-0.05, 0) is 211 Å². The van der Waals surface area contributed by atoms with Gasteiger partial charge in [-0.1, -0.05) is 347 Å². The molecule has 19 aromatic carbocycles. The van der Waals surface area contributed by atoms with Crippen LogP contribution in [0, 0.1) is 0 Å². The van der Waals surface area contributed by atoms with Gasteiger partial charge in [-0.3, -0.25) is 0 Å². The van der Waals surface area contributed by atoms with E-state index in [1.54, 1.807) is 11.3 Å². The minimum Gasteiger partial charge on any atom is -0.310 e. The van der Waals surface area contributed by atoms with Gasteiger partial charge < -0.3 is 19.3 Å². The van der Waals surface area contributed by atoms with E-state index in [1.807, 2.05) is 0 Å². The van der Waals surface area contributed by atoms with Crippen LogP contribution in [0.3, 0.4) is 0 Å². The maximum absolute atomic E-state index is 12.2. The molecule has 21 aromatic rings. The number of thiophene rings is 1. The third-order valence-corrected chi connectivity index (χ3v) is 27.2. The molecular formula is C116H89BN4S. The van der Waals surface area contributed by atoms with E-state index in [-0.39, 0.29) is 29.0 Å². The van der Waals surface area contributed by atoms with E-state index in [0.29, 0.717) is 16.8 Å². The Bertz CT molecular complexity index is 7810. The average Bonchev–Trinajstić information content (AvgIpc) is 1.63. The number of hydrogen-bond donors (Lipinski definition) is 0. The van der Waals surface area contributed by atoms with Crippen molar-refractivity contribution < 1.29 is 4.11 Å². The van der Waals surface area contributed by atoms with Crippen LogP contribution in [0.5, 0.6) is 0 Å². The maximum Gasteiger partial charge on any atom is 0.264 e. The van der Waals surface area contributed by atoms with Gasteiger partial charge in [0.15, 0.2) is 0 Å². The highest BCUT2D eigenvalue weighted by atomic mass is 32.1. The number of anilines is 9. The number of benzene rings is 19. The van der Waals surface area contributed by atoms with Gasteiger partial charge >= 0.3 is 0 Å². The van der Waals surface area contributed by atoms with E-state index in [1.165, 1.54) is 32.7 Å². The molecular weight excluding hydrogens is 1490 g/mol. The van der Waals surface area contributed by atoms with Crippen LogP contribution in [0.1, 0.15) is 83.1 Å². The van der Waals surface area contributed by atoms with Crippen LogP contribution in [0.4, 0.5) is 51.2 Å². The first-order valence-corrected chi connectivity index (χ1v) is 43.6. The van der Waals surface area contributed by atoms with Crippen LogP contribution >= 0.6 is 11.3 Å². The predicted octanol–water partition coefficient (Wildman–Crippen LogP) is 31.0. The third-order valence-electron chi connectivity index (χ3n) is 26.0. The van der Waals surface area contributed by atoms with Gasteiger partial charge in [-0.25, -0.2) is 0 Å². The molecule has 0 amide bonds. The van der Waals surface area contributed by atoms with E-state index >= 15 is 0 Å². The number of nitrogens with zero attached hydrogens (tertiary/aromatic N) is 4. The summed E-state index contributed by atoms with van der Waals surface area (Å²) >= 11 is 1.78. The van der Waals surface area contributed by atoms with Crippen LogP contribution in [-0.2, 0) is 16.2 Å². The molecule has 4 heterocycles. The van der Waals surface area contributed by atoms with E-state index < -0.39 is 12.1 Å². The largest absolute Gasteiger partial charge is 0.310 e. The van der Waals surface area contributed by atoms with E-state index in [2.05, 4.69) is 439 Å². The van der Waals surface area contributed by atoms with Gasteiger partial charge in [0.25, 0.3) is 6.71 Å². The molecule has 0 bridgehead atoms. The quantitative estimate of drug-likeness (QED) is 0.0729. The lowest BCUT2D eigenvalue weighted by atomic mass is 9.36. The Hall–Kier alpha value is -14.0. The van der Waals surface area contributed by atoms with Crippen molar-refractivity contribution in [2.75, 3.05) is 14.7 Å². The summed E-state index contributed by atoms with van der Waals surface area (Å²) in [6, 6.07) is 132. The molecule has 0 unspecified atom stereocenters. The Kier molecular flexibility index (Phi) is 15.9. The van der Waals surface area contributed by atoms with Gasteiger partial charge in [0.05, 0.1) is 37.9 Å². The lowest BCUT2D eigenvalue weighted by Gasteiger charge is -2.46. The van der Waals surface area contributed by atoms with Crippen LogP contribution in [-0.4, -0.2) is 11.3 Å². The molecule has 2 aliphatic heterocycles. The summed E-state index contributed by atoms with van der Waals surface area (Å²) in [6.07, 6.45) is 0. The molecule has 23 rings (SSSR count). The van der Waals surface area contributed by atoms with Crippen molar-refractivity contribution in [2.24, 2.45) is 0 Å². The number of fused-ring (bicyclic) bond motifs is 12. The Labute approximate surface area is 721 Å². The first-order valence-electron chi connectivity index (χ1n) is 44.2. The minimum absolute atomic E-state index is 0.0218.